The molecule has 41 heavy (non-hydrogen) atoms. The molecule has 1 atom stereocenters. The second-order valence-electron chi connectivity index (χ2n) is 13.1. The van der Waals surface area contributed by atoms with E-state index in [9.17, 15) is 14.4 Å². The van der Waals surface area contributed by atoms with Crippen molar-refractivity contribution >= 4 is 28.7 Å². The van der Waals surface area contributed by atoms with Crippen LogP contribution in [0.5, 0.6) is 5.75 Å². The van der Waals surface area contributed by atoms with Gasteiger partial charge in [-0.15, -0.1) is 0 Å². The molecule has 0 radical (unpaired) electrons. The topological polar surface area (TPSA) is 101 Å². The first kappa shape index (κ1) is 25.1. The maximum Gasteiger partial charge on any atom is 0.255 e. The van der Waals surface area contributed by atoms with Crippen LogP contribution in [-0.2, 0) is 29.3 Å². The van der Waals surface area contributed by atoms with Gasteiger partial charge in [0, 0.05) is 35.0 Å². The van der Waals surface area contributed by atoms with E-state index in [1.54, 1.807) is 17.0 Å². The number of ether oxygens (including phenoxy) is 1. The number of benzene rings is 2. The second kappa shape index (κ2) is 9.44. The van der Waals surface area contributed by atoms with Crippen LogP contribution >= 0.6 is 0 Å². The highest BCUT2D eigenvalue weighted by atomic mass is 16.5. The molecule has 2 N–H and O–H groups in total. The van der Waals surface area contributed by atoms with E-state index in [1.807, 2.05) is 18.2 Å². The van der Waals surface area contributed by atoms with Crippen molar-refractivity contribution in [3.8, 4) is 5.75 Å². The molecule has 5 fully saturated rings. The summed E-state index contributed by atoms with van der Waals surface area (Å²) >= 11 is 0. The minimum Gasteiger partial charge on any atom is -0.485 e. The van der Waals surface area contributed by atoms with Crippen molar-refractivity contribution in [2.24, 2.45) is 17.8 Å². The number of imide groups is 1. The van der Waals surface area contributed by atoms with Crippen molar-refractivity contribution in [3.05, 3.63) is 64.9 Å². The summed E-state index contributed by atoms with van der Waals surface area (Å²) in [4.78, 5) is 38.6. The van der Waals surface area contributed by atoms with Crippen LogP contribution in [0.1, 0.15) is 78.6 Å². The first-order valence-electron chi connectivity index (χ1n) is 15.1. The smallest absolute Gasteiger partial charge is 0.255 e. The van der Waals surface area contributed by atoms with Crippen molar-refractivity contribution in [3.63, 3.8) is 0 Å². The molecule has 3 aromatic rings. The Bertz CT molecular complexity index is 1540. The van der Waals surface area contributed by atoms with Gasteiger partial charge in [0.05, 0.1) is 6.54 Å². The van der Waals surface area contributed by atoms with E-state index in [0.717, 1.165) is 46.6 Å². The number of amides is 3. The van der Waals surface area contributed by atoms with E-state index in [4.69, 9.17) is 9.15 Å². The van der Waals surface area contributed by atoms with Gasteiger partial charge >= 0.3 is 0 Å². The maximum atomic E-state index is 13.1. The highest BCUT2D eigenvalue weighted by Gasteiger charge is 2.50. The summed E-state index contributed by atoms with van der Waals surface area (Å²) in [6, 6.07) is 13.2. The third kappa shape index (κ3) is 4.43. The number of rotatable bonds is 7. The average molecular weight is 554 g/mol. The molecule has 0 spiro atoms. The van der Waals surface area contributed by atoms with Crippen LogP contribution in [0.2, 0.25) is 0 Å². The fraction of sp³-hybridized carbons (Fsp3) is 0.485. The van der Waals surface area contributed by atoms with Crippen LogP contribution in [0.4, 0.5) is 0 Å². The minimum absolute atomic E-state index is 0.210. The van der Waals surface area contributed by atoms with Gasteiger partial charge in [-0.2, -0.15) is 0 Å². The standard InChI is InChI=1S/C33H35N3O5/c37-30-7-5-27(31(38)35-30)36-17-26-25(32(36)39)2-1-3-29(26)40-18-24-12-23-11-19(4-6-28(23)41-24)16-34-33-13-20-8-21(14-33)10-22(9-20)15-33/h1-4,6,11-12,20-22,27,34H,5,7-10,13-18H2,(H,35,37,38). The first-order chi connectivity index (χ1) is 19.9. The van der Waals surface area contributed by atoms with Crippen molar-refractivity contribution < 1.29 is 23.5 Å². The van der Waals surface area contributed by atoms with Gasteiger partial charge in [0.1, 0.15) is 29.7 Å². The summed E-state index contributed by atoms with van der Waals surface area (Å²) in [6.45, 7) is 1.39. The number of nitrogens with zero attached hydrogens (tertiary/aromatic N) is 1. The molecule has 4 saturated carbocycles. The number of fused-ring (bicyclic) bond motifs is 2. The van der Waals surface area contributed by atoms with Gasteiger partial charge < -0.3 is 19.4 Å². The molecular weight excluding hydrogens is 518 g/mol. The van der Waals surface area contributed by atoms with Crippen molar-refractivity contribution in [1.29, 1.82) is 0 Å². The molecule has 4 aliphatic carbocycles. The molecule has 2 aliphatic heterocycles. The highest BCUT2D eigenvalue weighted by molar-refractivity contribution is 6.05. The van der Waals surface area contributed by atoms with Crippen LogP contribution in [-0.4, -0.2) is 34.2 Å². The predicted octanol–water partition coefficient (Wildman–Crippen LogP) is 4.83. The summed E-state index contributed by atoms with van der Waals surface area (Å²) in [7, 11) is 0. The van der Waals surface area contributed by atoms with Gasteiger partial charge in [0.15, 0.2) is 0 Å². The number of carbonyl (C=O) groups is 3. The van der Waals surface area contributed by atoms with Crippen LogP contribution in [0.25, 0.3) is 11.0 Å². The summed E-state index contributed by atoms with van der Waals surface area (Å²) < 4.78 is 12.3. The lowest BCUT2D eigenvalue weighted by Crippen LogP contribution is -2.58. The summed E-state index contributed by atoms with van der Waals surface area (Å²) in [6.07, 6.45) is 8.94. The van der Waals surface area contributed by atoms with Crippen molar-refractivity contribution in [2.45, 2.75) is 82.6 Å². The minimum atomic E-state index is -0.651. The molecule has 212 valence electrons. The number of furan rings is 1. The summed E-state index contributed by atoms with van der Waals surface area (Å²) in [5.41, 5.74) is 3.74. The average Bonchev–Trinajstić information content (AvgIpc) is 3.50. The monoisotopic (exact) mass is 553 g/mol. The van der Waals surface area contributed by atoms with Gasteiger partial charge in [0.25, 0.3) is 5.91 Å². The zero-order valence-corrected chi connectivity index (χ0v) is 23.1. The van der Waals surface area contributed by atoms with Crippen LogP contribution in [0, 0.1) is 17.8 Å². The highest BCUT2D eigenvalue weighted by Crippen LogP contribution is 2.55. The third-order valence-corrected chi connectivity index (χ3v) is 10.2. The van der Waals surface area contributed by atoms with E-state index in [1.165, 1.54) is 44.1 Å². The quantitative estimate of drug-likeness (QED) is 0.407. The van der Waals surface area contributed by atoms with Crippen LogP contribution in [0.3, 0.4) is 0 Å². The summed E-state index contributed by atoms with van der Waals surface area (Å²) in [5.74, 6) is 3.18. The van der Waals surface area contributed by atoms with E-state index in [0.29, 0.717) is 23.3 Å². The maximum absolute atomic E-state index is 13.1. The lowest BCUT2D eigenvalue weighted by atomic mass is 9.53. The molecule has 1 aromatic heterocycles. The van der Waals surface area contributed by atoms with Crippen LogP contribution < -0.4 is 15.4 Å². The molecule has 9 rings (SSSR count). The number of hydrogen-bond acceptors (Lipinski definition) is 6. The van der Waals surface area contributed by atoms with Crippen molar-refractivity contribution in [2.75, 3.05) is 0 Å². The molecular formula is C33H35N3O5. The number of hydrogen-bond donors (Lipinski definition) is 2. The van der Waals surface area contributed by atoms with E-state index < -0.39 is 11.9 Å². The van der Waals surface area contributed by atoms with Gasteiger partial charge in [-0.1, -0.05) is 12.1 Å². The number of carbonyl (C=O) groups excluding carboxylic acids is 3. The summed E-state index contributed by atoms with van der Waals surface area (Å²) in [5, 5.41) is 7.40. The molecule has 8 nitrogen and oxygen atoms in total. The second-order valence-corrected chi connectivity index (χ2v) is 13.1. The molecule has 1 unspecified atom stereocenters. The Balaban J connectivity index is 0.939. The van der Waals surface area contributed by atoms with E-state index >= 15 is 0 Å². The Hall–Kier alpha value is -3.65. The molecule has 4 bridgehead atoms. The number of nitrogens with one attached hydrogen (secondary N) is 2. The van der Waals surface area contributed by atoms with Gasteiger partial charge in [0.2, 0.25) is 11.8 Å². The van der Waals surface area contributed by atoms with E-state index in [2.05, 4.69) is 22.8 Å². The zero-order valence-electron chi connectivity index (χ0n) is 23.1. The largest absolute Gasteiger partial charge is 0.485 e. The normalized spacial score (nSPS) is 30.2. The fourth-order valence-corrected chi connectivity index (χ4v) is 8.79. The molecule has 8 heteroatoms. The van der Waals surface area contributed by atoms with Gasteiger partial charge in [-0.3, -0.25) is 19.7 Å². The Labute approximate surface area is 238 Å². The lowest BCUT2D eigenvalue weighted by Gasteiger charge is -2.57. The molecule has 1 saturated heterocycles. The number of piperidine rings is 1. The SMILES string of the molecule is O=C1CCC(N2Cc3c(OCc4cc5cc(CNC67CC8CC(CC(C8)C6)C7)ccc5o4)cccc3C2=O)C(=O)N1. The lowest BCUT2D eigenvalue weighted by molar-refractivity contribution is -0.136. The molecule has 3 heterocycles. The molecule has 2 aromatic carbocycles. The predicted molar refractivity (Wildman–Crippen MR) is 151 cm³/mol. The fourth-order valence-electron chi connectivity index (χ4n) is 8.79. The van der Waals surface area contributed by atoms with Crippen LogP contribution in [0.15, 0.2) is 46.9 Å². The third-order valence-electron chi connectivity index (χ3n) is 10.2. The molecule has 3 amide bonds. The zero-order chi connectivity index (χ0) is 27.7. The Morgan fingerprint density at radius 1 is 1.00 bits per heavy atom. The molecule has 6 aliphatic rings. The Morgan fingerprint density at radius 3 is 2.54 bits per heavy atom. The Kier molecular flexibility index (Phi) is 5.78. The first-order valence-corrected chi connectivity index (χ1v) is 15.1. The van der Waals surface area contributed by atoms with Gasteiger partial charge in [-0.25, -0.2) is 0 Å². The van der Waals surface area contributed by atoms with Gasteiger partial charge in [-0.05, 0) is 98.6 Å². The van der Waals surface area contributed by atoms with E-state index in [-0.39, 0.29) is 31.4 Å². The Morgan fingerprint density at radius 2 is 1.78 bits per heavy atom. The van der Waals surface area contributed by atoms with Crippen molar-refractivity contribution in [1.82, 2.24) is 15.5 Å².